The quantitative estimate of drug-likeness (QED) is 0.0371. The lowest BCUT2D eigenvalue weighted by molar-refractivity contribution is 0.560. The number of hydrogen-bond acceptors (Lipinski definition) is 4. The molecule has 5 aromatic carbocycles. The van der Waals surface area contributed by atoms with Crippen molar-refractivity contribution in [2.75, 3.05) is 23.7 Å². The first kappa shape index (κ1) is 45.8. The highest BCUT2D eigenvalue weighted by Gasteiger charge is 2.06. The van der Waals surface area contributed by atoms with Crippen molar-refractivity contribution in [2.45, 2.75) is 142 Å². The van der Waals surface area contributed by atoms with Crippen LogP contribution in [0.2, 0.25) is 0 Å². The van der Waals surface area contributed by atoms with Gasteiger partial charge < -0.3 is 10.6 Å². The van der Waals surface area contributed by atoms with Gasteiger partial charge in [-0.15, -0.1) is 0 Å². The van der Waals surface area contributed by atoms with Crippen molar-refractivity contribution in [3.05, 3.63) is 140 Å². The van der Waals surface area contributed by atoms with E-state index in [9.17, 15) is 9.59 Å². The van der Waals surface area contributed by atoms with Crippen LogP contribution in [0, 0.1) is 23.7 Å². The summed E-state index contributed by atoms with van der Waals surface area (Å²) in [7, 11) is 0. The fourth-order valence-electron chi connectivity index (χ4n) is 7.81. The van der Waals surface area contributed by atoms with Gasteiger partial charge in [-0.25, -0.2) is 0 Å². The van der Waals surface area contributed by atoms with E-state index in [1.165, 1.54) is 116 Å². The van der Waals surface area contributed by atoms with Crippen LogP contribution < -0.4 is 21.5 Å². The van der Waals surface area contributed by atoms with Gasteiger partial charge in [-0.3, -0.25) is 9.59 Å². The van der Waals surface area contributed by atoms with E-state index in [1.54, 1.807) is 12.1 Å². The summed E-state index contributed by atoms with van der Waals surface area (Å²) in [4.78, 5) is 25.7. The Morgan fingerprint density at radius 3 is 1.15 bits per heavy atom. The van der Waals surface area contributed by atoms with Gasteiger partial charge in [-0.1, -0.05) is 177 Å². The van der Waals surface area contributed by atoms with Crippen LogP contribution in [0.5, 0.6) is 0 Å². The van der Waals surface area contributed by atoms with Gasteiger partial charge in [0.1, 0.15) is 0 Å². The number of benzene rings is 3. The summed E-state index contributed by atoms with van der Waals surface area (Å²) in [6.07, 6.45) is 25.8. The molecule has 4 nitrogen and oxygen atoms in total. The third-order valence-electron chi connectivity index (χ3n) is 11.5. The molecule has 0 aliphatic carbocycles. The second-order valence-electron chi connectivity index (χ2n) is 16.4. The van der Waals surface area contributed by atoms with Gasteiger partial charge in [0, 0.05) is 35.3 Å². The van der Waals surface area contributed by atoms with Crippen LogP contribution in [0.4, 0.5) is 11.4 Å². The molecule has 5 rings (SSSR count). The molecule has 5 aromatic rings. The van der Waals surface area contributed by atoms with E-state index in [4.69, 9.17) is 0 Å². The summed E-state index contributed by atoms with van der Waals surface area (Å²) in [6.45, 7) is 6.13. The standard InChI is InChI=1S/C56H68N2O2/c1-3-5-7-9-11-13-15-17-19-21-41-57-53-37-31-45(33-39-55(53)59)29-35-47-25-23-27-49-43-50-28-24-26-48(52(50)44-51(47)49)36-30-46-32-38-54(56(60)40-34-46)58-42-22-20-18-16-14-12-10-8-6-4-2/h23-28,31-34,37-40,43-44H,3-22,41-42H2,1-2H3,(H,57,59)(H,58,60). The molecule has 0 aliphatic heterocycles. The minimum atomic E-state index is -0.0187. The molecule has 0 saturated carbocycles. The SMILES string of the molecule is CCCCCCCCCCCCNc1ccc(C#Cc2cccc3cc4cccc(C#Cc5ccc(NCCCCCCCCCCCC)c(=O)cc5)c4cc23)ccc1=O. The number of fused-ring (bicyclic) bond motifs is 2. The molecule has 4 heteroatoms. The first-order valence-electron chi connectivity index (χ1n) is 23.3. The van der Waals surface area contributed by atoms with Crippen LogP contribution in [0.3, 0.4) is 0 Å². The summed E-state index contributed by atoms with van der Waals surface area (Å²) >= 11 is 0. The summed E-state index contributed by atoms with van der Waals surface area (Å²) in [5.41, 5.74) is 4.63. The van der Waals surface area contributed by atoms with E-state index >= 15 is 0 Å². The second kappa shape index (κ2) is 26.7. The van der Waals surface area contributed by atoms with Gasteiger partial charge in [-0.2, -0.15) is 0 Å². The third-order valence-corrected chi connectivity index (χ3v) is 11.5. The topological polar surface area (TPSA) is 58.2 Å². The van der Waals surface area contributed by atoms with Crippen molar-refractivity contribution >= 4 is 32.9 Å². The number of anilines is 2. The molecular formula is C56H68N2O2. The molecule has 0 saturated heterocycles. The molecule has 0 spiro atoms. The Labute approximate surface area is 361 Å². The summed E-state index contributed by atoms with van der Waals surface area (Å²) in [5, 5.41) is 11.0. The molecule has 0 aromatic heterocycles. The zero-order chi connectivity index (χ0) is 42.0. The van der Waals surface area contributed by atoms with Crippen LogP contribution in [-0.2, 0) is 0 Å². The predicted molar refractivity (Wildman–Crippen MR) is 260 cm³/mol. The van der Waals surface area contributed by atoms with Gasteiger partial charge in [0.2, 0.25) is 10.9 Å². The van der Waals surface area contributed by atoms with Crippen LogP contribution in [-0.4, -0.2) is 13.1 Å². The molecule has 0 radical (unpaired) electrons. The highest BCUT2D eigenvalue weighted by atomic mass is 16.1. The maximum absolute atomic E-state index is 12.8. The predicted octanol–water partition coefficient (Wildman–Crippen LogP) is 14.2. The van der Waals surface area contributed by atoms with E-state index in [1.807, 2.05) is 60.7 Å². The lowest BCUT2D eigenvalue weighted by atomic mass is 9.97. The molecule has 0 heterocycles. The number of unbranched alkanes of at least 4 members (excludes halogenated alkanes) is 18. The molecule has 0 atom stereocenters. The van der Waals surface area contributed by atoms with Crippen molar-refractivity contribution in [1.82, 2.24) is 0 Å². The Kier molecular flexibility index (Phi) is 20.4. The van der Waals surface area contributed by atoms with E-state index in [0.717, 1.165) is 69.7 Å². The Morgan fingerprint density at radius 2 is 0.750 bits per heavy atom. The van der Waals surface area contributed by atoms with Crippen LogP contribution in [0.15, 0.2) is 107 Å². The number of hydrogen-bond donors (Lipinski definition) is 2. The fourth-order valence-corrected chi connectivity index (χ4v) is 7.81. The highest BCUT2D eigenvalue weighted by Crippen LogP contribution is 2.28. The van der Waals surface area contributed by atoms with Gasteiger partial charge in [-0.05, 0) is 107 Å². The third kappa shape index (κ3) is 15.7. The maximum Gasteiger partial charge on any atom is 0.201 e. The average Bonchev–Trinajstić information content (AvgIpc) is 3.56. The molecule has 0 bridgehead atoms. The highest BCUT2D eigenvalue weighted by molar-refractivity contribution is 6.02. The van der Waals surface area contributed by atoms with Gasteiger partial charge in [0.15, 0.2) is 0 Å². The van der Waals surface area contributed by atoms with Crippen LogP contribution in [0.1, 0.15) is 165 Å². The molecule has 60 heavy (non-hydrogen) atoms. The van der Waals surface area contributed by atoms with Gasteiger partial charge in [0.05, 0.1) is 11.4 Å². The average molecular weight is 801 g/mol. The second-order valence-corrected chi connectivity index (χ2v) is 16.4. The Hall–Kier alpha value is -5.32. The molecule has 0 fully saturated rings. The summed E-state index contributed by atoms with van der Waals surface area (Å²) < 4.78 is 0. The van der Waals surface area contributed by atoms with Crippen molar-refractivity contribution in [1.29, 1.82) is 0 Å². The van der Waals surface area contributed by atoms with Gasteiger partial charge in [0.25, 0.3) is 0 Å². The first-order chi connectivity index (χ1) is 29.6. The van der Waals surface area contributed by atoms with Crippen LogP contribution >= 0.6 is 0 Å². The first-order valence-corrected chi connectivity index (χ1v) is 23.3. The number of nitrogens with one attached hydrogen (secondary N) is 2. The number of rotatable bonds is 24. The van der Waals surface area contributed by atoms with Crippen molar-refractivity contribution < 1.29 is 0 Å². The minimum absolute atomic E-state index is 0.0187. The van der Waals surface area contributed by atoms with E-state index in [-0.39, 0.29) is 10.9 Å². The van der Waals surface area contributed by atoms with Crippen LogP contribution in [0.25, 0.3) is 21.5 Å². The smallest absolute Gasteiger partial charge is 0.201 e. The fraction of sp³-hybridized carbons (Fsp3) is 0.429. The maximum atomic E-state index is 12.8. The van der Waals surface area contributed by atoms with Crippen molar-refractivity contribution in [2.24, 2.45) is 0 Å². The van der Waals surface area contributed by atoms with Gasteiger partial charge >= 0.3 is 0 Å². The lowest BCUT2D eigenvalue weighted by Gasteiger charge is -2.06. The zero-order valence-electron chi connectivity index (χ0n) is 36.6. The molecule has 0 amide bonds. The lowest BCUT2D eigenvalue weighted by Crippen LogP contribution is -2.09. The van der Waals surface area contributed by atoms with E-state index < -0.39 is 0 Å². The zero-order valence-corrected chi connectivity index (χ0v) is 36.6. The summed E-state index contributed by atoms with van der Waals surface area (Å²) in [6, 6.07) is 31.2. The normalized spacial score (nSPS) is 10.8. The molecule has 0 aliphatic rings. The Morgan fingerprint density at radius 1 is 0.383 bits per heavy atom. The molecule has 0 unspecified atom stereocenters. The largest absolute Gasteiger partial charge is 0.382 e. The van der Waals surface area contributed by atoms with E-state index in [0.29, 0.717) is 11.4 Å². The summed E-state index contributed by atoms with van der Waals surface area (Å²) in [5.74, 6) is 13.4. The Bertz CT molecular complexity index is 2180. The Balaban J connectivity index is 1.19. The van der Waals surface area contributed by atoms with Crippen molar-refractivity contribution in [3.63, 3.8) is 0 Å². The van der Waals surface area contributed by atoms with E-state index in [2.05, 4.69) is 72.4 Å². The molecule has 314 valence electrons. The minimum Gasteiger partial charge on any atom is -0.382 e. The monoisotopic (exact) mass is 801 g/mol. The molecule has 2 N–H and O–H groups in total. The van der Waals surface area contributed by atoms with Crippen molar-refractivity contribution in [3.8, 4) is 23.7 Å². The molecular weight excluding hydrogens is 733 g/mol.